The molecule has 2 aromatic carbocycles. The molecule has 174 valence electrons. The van der Waals surface area contributed by atoms with E-state index in [1.54, 1.807) is 64.4 Å². The Labute approximate surface area is 200 Å². The summed E-state index contributed by atoms with van der Waals surface area (Å²) in [7, 11) is 0. The second-order valence-corrected chi connectivity index (χ2v) is 8.54. The molecular weight excluding hydrogens is 454 g/mol. The van der Waals surface area contributed by atoms with Crippen molar-refractivity contribution in [1.29, 1.82) is 0 Å². The molecule has 8 nitrogen and oxygen atoms in total. The Morgan fingerprint density at radius 1 is 0.824 bits per heavy atom. The quantitative estimate of drug-likeness (QED) is 0.551. The zero-order valence-corrected chi connectivity index (χ0v) is 19.1. The van der Waals surface area contributed by atoms with Crippen LogP contribution in [0, 0.1) is 0 Å². The molecule has 34 heavy (non-hydrogen) atoms. The number of nitrogens with zero attached hydrogens (tertiary/aromatic N) is 2. The maximum Gasteiger partial charge on any atom is 0.340 e. The lowest BCUT2D eigenvalue weighted by molar-refractivity contribution is -0.136. The monoisotopic (exact) mass is 477 g/mol. The zero-order chi connectivity index (χ0) is 23.9. The molecule has 0 bridgehead atoms. The first kappa shape index (κ1) is 23.2. The smallest absolute Gasteiger partial charge is 0.340 e. The number of rotatable bonds is 6. The number of hydrogen-bond acceptors (Lipinski definition) is 6. The van der Waals surface area contributed by atoms with Gasteiger partial charge in [-0.25, -0.2) is 4.79 Å². The van der Waals surface area contributed by atoms with Crippen LogP contribution in [-0.4, -0.2) is 66.3 Å². The zero-order valence-electron chi connectivity index (χ0n) is 18.3. The fraction of sp³-hybridized carbons (Fsp3) is 0.200. The SMILES string of the molecule is O=C(Nc1ccccc1C(=O)OCC(=O)N1CCN(C(=O)c2cccs2)CC1)c1ccccc1. The van der Waals surface area contributed by atoms with Crippen molar-refractivity contribution in [3.8, 4) is 0 Å². The number of carbonyl (C=O) groups is 4. The molecule has 1 aromatic heterocycles. The van der Waals surface area contributed by atoms with Gasteiger partial charge in [-0.1, -0.05) is 36.4 Å². The van der Waals surface area contributed by atoms with Gasteiger partial charge in [0.2, 0.25) is 0 Å². The van der Waals surface area contributed by atoms with E-state index in [9.17, 15) is 19.2 Å². The van der Waals surface area contributed by atoms with Crippen LogP contribution in [0.1, 0.15) is 30.4 Å². The molecule has 0 saturated carbocycles. The number of hydrogen-bond donors (Lipinski definition) is 1. The predicted molar refractivity (Wildman–Crippen MR) is 128 cm³/mol. The highest BCUT2D eigenvalue weighted by molar-refractivity contribution is 7.12. The number of ether oxygens (including phenoxy) is 1. The van der Waals surface area contributed by atoms with Crippen LogP contribution in [0.3, 0.4) is 0 Å². The topological polar surface area (TPSA) is 96.0 Å². The van der Waals surface area contributed by atoms with Gasteiger partial charge in [-0.05, 0) is 35.7 Å². The largest absolute Gasteiger partial charge is 0.452 e. The van der Waals surface area contributed by atoms with Gasteiger partial charge in [-0.3, -0.25) is 14.4 Å². The van der Waals surface area contributed by atoms with Gasteiger partial charge in [0.25, 0.3) is 17.7 Å². The molecule has 1 aliphatic rings. The summed E-state index contributed by atoms with van der Waals surface area (Å²) in [5.41, 5.74) is 0.915. The minimum Gasteiger partial charge on any atom is -0.452 e. The summed E-state index contributed by atoms with van der Waals surface area (Å²) in [6.07, 6.45) is 0. The molecule has 1 aliphatic heterocycles. The summed E-state index contributed by atoms with van der Waals surface area (Å²) in [6.45, 7) is 1.17. The molecule has 1 N–H and O–H groups in total. The van der Waals surface area contributed by atoms with Crippen LogP contribution in [0.25, 0.3) is 0 Å². The van der Waals surface area contributed by atoms with Crippen molar-refractivity contribution >= 4 is 40.7 Å². The lowest BCUT2D eigenvalue weighted by atomic mass is 10.1. The predicted octanol–water partition coefficient (Wildman–Crippen LogP) is 3.14. The highest BCUT2D eigenvalue weighted by Gasteiger charge is 2.26. The minimum atomic E-state index is -0.705. The number of esters is 1. The van der Waals surface area contributed by atoms with Gasteiger partial charge in [-0.2, -0.15) is 0 Å². The van der Waals surface area contributed by atoms with Gasteiger partial charge >= 0.3 is 5.97 Å². The normalized spacial score (nSPS) is 13.3. The molecule has 0 radical (unpaired) electrons. The summed E-state index contributed by atoms with van der Waals surface area (Å²) in [5.74, 6) is -1.43. The van der Waals surface area contributed by atoms with Crippen LogP contribution in [0.2, 0.25) is 0 Å². The van der Waals surface area contributed by atoms with Crippen molar-refractivity contribution in [3.63, 3.8) is 0 Å². The van der Waals surface area contributed by atoms with Gasteiger partial charge in [0.15, 0.2) is 6.61 Å². The molecule has 3 aromatic rings. The molecule has 0 aliphatic carbocycles. The number of benzene rings is 2. The van der Waals surface area contributed by atoms with Crippen molar-refractivity contribution in [2.45, 2.75) is 0 Å². The third-order valence-corrected chi connectivity index (χ3v) is 6.27. The van der Waals surface area contributed by atoms with Gasteiger partial charge < -0.3 is 19.9 Å². The molecular formula is C25H23N3O5S. The number of amides is 3. The molecule has 3 amide bonds. The third kappa shape index (κ3) is 5.49. The van der Waals surface area contributed by atoms with E-state index >= 15 is 0 Å². The Hall–Kier alpha value is -3.98. The number of thiophene rings is 1. The van der Waals surface area contributed by atoms with E-state index in [-0.39, 0.29) is 23.3 Å². The van der Waals surface area contributed by atoms with Crippen LogP contribution >= 0.6 is 11.3 Å². The standard InChI is InChI=1S/C25H23N3O5S/c29-22(27-12-14-28(15-13-27)24(31)21-11-6-16-34-21)17-33-25(32)19-9-4-5-10-20(19)26-23(30)18-7-2-1-3-8-18/h1-11,16H,12-15,17H2,(H,26,30). The summed E-state index contributed by atoms with van der Waals surface area (Å²) in [5, 5.41) is 4.57. The lowest BCUT2D eigenvalue weighted by Gasteiger charge is -2.34. The lowest BCUT2D eigenvalue weighted by Crippen LogP contribution is -2.51. The number of piperazine rings is 1. The molecule has 0 atom stereocenters. The van der Waals surface area contributed by atoms with Crippen molar-refractivity contribution in [2.24, 2.45) is 0 Å². The molecule has 0 unspecified atom stereocenters. The van der Waals surface area contributed by atoms with E-state index in [0.717, 1.165) is 0 Å². The van der Waals surface area contributed by atoms with Gasteiger partial charge in [0.1, 0.15) is 0 Å². The molecule has 1 fully saturated rings. The fourth-order valence-corrected chi connectivity index (χ4v) is 4.26. The molecule has 2 heterocycles. The Morgan fingerprint density at radius 3 is 2.21 bits per heavy atom. The third-order valence-electron chi connectivity index (χ3n) is 5.41. The van der Waals surface area contributed by atoms with E-state index in [2.05, 4.69) is 5.32 Å². The summed E-state index contributed by atoms with van der Waals surface area (Å²) in [4.78, 5) is 54.1. The first-order valence-corrected chi connectivity index (χ1v) is 11.6. The maximum absolute atomic E-state index is 12.6. The van der Waals surface area contributed by atoms with E-state index < -0.39 is 12.6 Å². The summed E-state index contributed by atoms with van der Waals surface area (Å²) < 4.78 is 5.24. The first-order chi connectivity index (χ1) is 16.5. The van der Waals surface area contributed by atoms with Crippen LogP contribution in [0.4, 0.5) is 5.69 Å². The van der Waals surface area contributed by atoms with Crippen molar-refractivity contribution in [3.05, 3.63) is 88.1 Å². The number of para-hydroxylation sites is 1. The average molecular weight is 478 g/mol. The molecule has 9 heteroatoms. The number of nitrogens with one attached hydrogen (secondary N) is 1. The molecule has 0 spiro atoms. The minimum absolute atomic E-state index is 0.0392. The molecule has 1 saturated heterocycles. The van der Waals surface area contributed by atoms with E-state index in [0.29, 0.717) is 42.3 Å². The van der Waals surface area contributed by atoms with E-state index in [1.807, 2.05) is 11.4 Å². The summed E-state index contributed by atoms with van der Waals surface area (Å²) >= 11 is 1.39. The van der Waals surface area contributed by atoms with Crippen LogP contribution in [0.15, 0.2) is 72.1 Å². The number of anilines is 1. The van der Waals surface area contributed by atoms with Crippen LogP contribution in [-0.2, 0) is 9.53 Å². The van der Waals surface area contributed by atoms with Gasteiger partial charge in [0.05, 0.1) is 16.1 Å². The summed E-state index contributed by atoms with van der Waals surface area (Å²) in [6, 6.07) is 18.7. The van der Waals surface area contributed by atoms with E-state index in [1.165, 1.54) is 17.4 Å². The maximum atomic E-state index is 12.6. The Bertz CT molecular complexity index is 1170. The average Bonchev–Trinajstić information content (AvgIpc) is 3.43. The Morgan fingerprint density at radius 2 is 1.50 bits per heavy atom. The van der Waals surface area contributed by atoms with Crippen LogP contribution in [0.5, 0.6) is 0 Å². The van der Waals surface area contributed by atoms with Crippen LogP contribution < -0.4 is 5.32 Å². The highest BCUT2D eigenvalue weighted by Crippen LogP contribution is 2.18. The molecule has 4 rings (SSSR count). The Kier molecular flexibility index (Phi) is 7.34. The van der Waals surface area contributed by atoms with Gasteiger partial charge in [-0.15, -0.1) is 11.3 Å². The van der Waals surface area contributed by atoms with E-state index in [4.69, 9.17) is 4.74 Å². The highest BCUT2D eigenvalue weighted by atomic mass is 32.1. The second-order valence-electron chi connectivity index (χ2n) is 7.59. The Balaban J connectivity index is 1.30. The number of carbonyl (C=O) groups excluding carboxylic acids is 4. The van der Waals surface area contributed by atoms with Crippen molar-refractivity contribution in [2.75, 3.05) is 38.1 Å². The van der Waals surface area contributed by atoms with Crippen molar-refractivity contribution in [1.82, 2.24) is 9.80 Å². The van der Waals surface area contributed by atoms with Crippen molar-refractivity contribution < 1.29 is 23.9 Å². The van der Waals surface area contributed by atoms with Gasteiger partial charge in [0, 0.05) is 31.7 Å². The second kappa shape index (κ2) is 10.8. The fourth-order valence-electron chi connectivity index (χ4n) is 3.57. The first-order valence-electron chi connectivity index (χ1n) is 10.8.